The Morgan fingerprint density at radius 3 is 2.15 bits per heavy atom. The van der Waals surface area contributed by atoms with E-state index in [9.17, 15) is 8.42 Å². The van der Waals surface area contributed by atoms with Crippen LogP contribution in [0.2, 0.25) is 5.02 Å². The Kier molecular flexibility index (Phi) is 6.67. The van der Waals surface area contributed by atoms with Crippen LogP contribution < -0.4 is 0 Å². The topological polar surface area (TPSA) is 73.1 Å². The molecule has 0 aliphatic heterocycles. The fourth-order valence-corrected chi connectivity index (χ4v) is 1.79. The van der Waals surface area contributed by atoms with Crippen LogP contribution >= 0.6 is 11.6 Å². The summed E-state index contributed by atoms with van der Waals surface area (Å²) in [4.78, 5) is 0. The summed E-state index contributed by atoms with van der Waals surface area (Å²) in [6.07, 6.45) is 1.97. The van der Waals surface area contributed by atoms with Crippen LogP contribution in [0.4, 0.5) is 0 Å². The minimum atomic E-state index is -2.66. The van der Waals surface area contributed by atoms with Gasteiger partial charge in [0.2, 0.25) is 12.3 Å². The zero-order chi connectivity index (χ0) is 15.0. The van der Waals surface area contributed by atoms with E-state index in [-0.39, 0.29) is 11.5 Å². The number of sulfone groups is 1. The molecular weight excluding hydrogens is 300 g/mol. The minimum absolute atomic E-state index is 0.267. The molecule has 0 aliphatic carbocycles. The predicted molar refractivity (Wildman–Crippen MR) is 78.6 cm³/mol. The molecular formula is C13H17ClN2O3S. The second kappa shape index (κ2) is 8.01. The third kappa shape index (κ3) is 6.16. The molecule has 110 valence electrons. The monoisotopic (exact) mass is 316 g/mol. The van der Waals surface area contributed by atoms with Crippen molar-refractivity contribution in [1.82, 2.24) is 10.2 Å². The number of rotatable bonds is 4. The number of hydrogen-bond donors (Lipinski definition) is 0. The molecule has 20 heavy (non-hydrogen) atoms. The molecule has 1 aromatic carbocycles. The van der Waals surface area contributed by atoms with E-state index in [0.29, 0.717) is 12.3 Å². The molecule has 1 heterocycles. The number of aromatic nitrogens is 2. The van der Waals surface area contributed by atoms with Crippen molar-refractivity contribution in [2.24, 2.45) is 0 Å². The first-order valence-corrected chi connectivity index (χ1v) is 8.36. The van der Waals surface area contributed by atoms with E-state index < -0.39 is 9.84 Å². The number of benzene rings is 1. The smallest absolute Gasteiger partial charge is 0.220 e. The lowest BCUT2D eigenvalue weighted by Gasteiger charge is -1.95. The quantitative estimate of drug-likeness (QED) is 0.867. The van der Waals surface area contributed by atoms with Gasteiger partial charge < -0.3 is 4.42 Å². The molecule has 7 heteroatoms. The second-order valence-electron chi connectivity index (χ2n) is 3.96. The van der Waals surface area contributed by atoms with Gasteiger partial charge in [0.15, 0.2) is 0 Å². The maximum atomic E-state index is 10.4. The molecule has 0 radical (unpaired) electrons. The van der Waals surface area contributed by atoms with E-state index in [2.05, 4.69) is 10.2 Å². The summed E-state index contributed by atoms with van der Waals surface area (Å²) in [7, 11) is -2.66. The molecule has 5 nitrogen and oxygen atoms in total. The molecule has 0 atom stereocenters. The molecule has 0 N–H and O–H groups in total. The first kappa shape index (κ1) is 16.7. The molecule has 0 saturated carbocycles. The minimum Gasteiger partial charge on any atom is -0.428 e. The molecule has 2 aromatic rings. The van der Waals surface area contributed by atoms with E-state index in [4.69, 9.17) is 16.0 Å². The van der Waals surface area contributed by atoms with Gasteiger partial charge in [0.1, 0.15) is 9.84 Å². The lowest BCUT2D eigenvalue weighted by molar-refractivity contribution is 0.505. The maximum absolute atomic E-state index is 10.4. The van der Waals surface area contributed by atoms with Gasteiger partial charge in [-0.15, -0.1) is 10.2 Å². The third-order valence-electron chi connectivity index (χ3n) is 2.55. The van der Waals surface area contributed by atoms with Crippen LogP contribution in [0.3, 0.4) is 0 Å². The van der Waals surface area contributed by atoms with Crippen LogP contribution in [0.25, 0.3) is 0 Å². The largest absolute Gasteiger partial charge is 0.428 e. The SMILES string of the molecule is CCS(=O)(=O)CC.Clc1ccc(Cc2nnco2)cc1. The fraction of sp³-hybridized carbons (Fsp3) is 0.385. The Morgan fingerprint density at radius 2 is 1.75 bits per heavy atom. The Balaban J connectivity index is 0.000000246. The van der Waals surface area contributed by atoms with E-state index in [0.717, 1.165) is 10.6 Å². The van der Waals surface area contributed by atoms with Crippen molar-refractivity contribution in [3.8, 4) is 0 Å². The normalized spacial score (nSPS) is 10.8. The zero-order valence-electron chi connectivity index (χ0n) is 11.4. The zero-order valence-corrected chi connectivity index (χ0v) is 13.0. The summed E-state index contributed by atoms with van der Waals surface area (Å²) in [6.45, 7) is 3.30. The molecule has 0 amide bonds. The van der Waals surface area contributed by atoms with Crippen molar-refractivity contribution < 1.29 is 12.8 Å². The molecule has 1 aromatic heterocycles. The van der Waals surface area contributed by atoms with Gasteiger partial charge in [-0.1, -0.05) is 37.6 Å². The number of hydrogen-bond acceptors (Lipinski definition) is 5. The van der Waals surface area contributed by atoms with Gasteiger partial charge in [0, 0.05) is 16.5 Å². The van der Waals surface area contributed by atoms with E-state index >= 15 is 0 Å². The maximum Gasteiger partial charge on any atom is 0.220 e. The molecule has 0 aliphatic rings. The van der Waals surface area contributed by atoms with Crippen molar-refractivity contribution in [3.05, 3.63) is 47.1 Å². The molecule has 0 bridgehead atoms. The van der Waals surface area contributed by atoms with Gasteiger partial charge in [0.25, 0.3) is 0 Å². The number of halogens is 1. The summed E-state index contributed by atoms with van der Waals surface area (Å²) in [6, 6.07) is 7.56. The Hall–Kier alpha value is -1.40. The van der Waals surface area contributed by atoms with E-state index in [1.165, 1.54) is 6.39 Å². The molecule has 0 unspecified atom stereocenters. The summed E-state index contributed by atoms with van der Waals surface area (Å²) in [5.74, 6) is 1.15. The van der Waals surface area contributed by atoms with Gasteiger partial charge in [-0.2, -0.15) is 0 Å². The van der Waals surface area contributed by atoms with Crippen LogP contribution in [0.15, 0.2) is 35.1 Å². The van der Waals surface area contributed by atoms with E-state index in [1.54, 1.807) is 13.8 Å². The van der Waals surface area contributed by atoms with Gasteiger partial charge in [-0.05, 0) is 17.7 Å². The first-order valence-electron chi connectivity index (χ1n) is 6.16. The van der Waals surface area contributed by atoms with Crippen molar-refractivity contribution in [1.29, 1.82) is 0 Å². The standard InChI is InChI=1S/C9H7ClN2O.C4H10O2S/c10-8-3-1-7(2-4-8)5-9-12-11-6-13-9;1-3-7(5,6)4-2/h1-4,6H,5H2;3-4H2,1-2H3. The Labute approximate surface area is 123 Å². The predicted octanol–water partition coefficient (Wildman–Crippen LogP) is 2.75. The summed E-state index contributed by atoms with van der Waals surface area (Å²) < 4.78 is 25.7. The third-order valence-corrected chi connectivity index (χ3v) is 4.56. The van der Waals surface area contributed by atoms with Gasteiger partial charge in [-0.3, -0.25) is 0 Å². The lowest BCUT2D eigenvalue weighted by Crippen LogP contribution is -2.04. The van der Waals surface area contributed by atoms with Crippen LogP contribution in [-0.4, -0.2) is 30.1 Å². The van der Waals surface area contributed by atoms with E-state index in [1.807, 2.05) is 24.3 Å². The highest BCUT2D eigenvalue weighted by Crippen LogP contribution is 2.11. The molecule has 0 fully saturated rings. The van der Waals surface area contributed by atoms with Crippen molar-refractivity contribution in [2.75, 3.05) is 11.5 Å². The summed E-state index contributed by atoms with van der Waals surface area (Å²) in [5.41, 5.74) is 1.11. The average Bonchev–Trinajstić information content (AvgIpc) is 2.95. The van der Waals surface area contributed by atoms with Crippen molar-refractivity contribution >= 4 is 21.4 Å². The van der Waals surface area contributed by atoms with Crippen LogP contribution in [0.1, 0.15) is 25.3 Å². The highest BCUT2D eigenvalue weighted by Gasteiger charge is 2.00. The fourth-order valence-electron chi connectivity index (χ4n) is 1.25. The van der Waals surface area contributed by atoms with Crippen molar-refractivity contribution in [3.63, 3.8) is 0 Å². The molecule has 2 rings (SSSR count). The highest BCUT2D eigenvalue weighted by atomic mass is 35.5. The van der Waals surface area contributed by atoms with Crippen molar-refractivity contribution in [2.45, 2.75) is 20.3 Å². The van der Waals surface area contributed by atoms with Gasteiger partial charge in [0.05, 0.1) is 6.42 Å². The van der Waals surface area contributed by atoms with Crippen LogP contribution in [-0.2, 0) is 16.3 Å². The molecule has 0 spiro atoms. The summed E-state index contributed by atoms with van der Waals surface area (Å²) in [5, 5.41) is 8.11. The van der Waals surface area contributed by atoms with Gasteiger partial charge >= 0.3 is 0 Å². The molecule has 0 saturated heterocycles. The summed E-state index contributed by atoms with van der Waals surface area (Å²) >= 11 is 5.74. The average molecular weight is 317 g/mol. The van der Waals surface area contributed by atoms with Crippen LogP contribution in [0.5, 0.6) is 0 Å². The van der Waals surface area contributed by atoms with Crippen LogP contribution in [0, 0.1) is 0 Å². The Morgan fingerprint density at radius 1 is 1.15 bits per heavy atom. The van der Waals surface area contributed by atoms with Gasteiger partial charge in [-0.25, -0.2) is 8.42 Å². The number of nitrogens with zero attached hydrogens (tertiary/aromatic N) is 2. The lowest BCUT2D eigenvalue weighted by atomic mass is 10.1. The second-order valence-corrected chi connectivity index (χ2v) is 7.03. The highest BCUT2D eigenvalue weighted by molar-refractivity contribution is 7.91. The Bertz CT molecular complexity index is 585. The first-order chi connectivity index (χ1) is 9.46.